The summed E-state index contributed by atoms with van der Waals surface area (Å²) in [4.78, 5) is 0. The summed E-state index contributed by atoms with van der Waals surface area (Å²) in [6.07, 6.45) is 12.6. The second kappa shape index (κ2) is 13.3. The molecular formula is C19H43NO2. The van der Waals surface area contributed by atoms with Gasteiger partial charge in [0.25, 0.3) is 0 Å². The van der Waals surface area contributed by atoms with Crippen molar-refractivity contribution < 1.29 is 10.2 Å². The maximum absolute atomic E-state index is 11.3. The van der Waals surface area contributed by atoms with Crippen molar-refractivity contribution >= 4 is 0 Å². The fraction of sp³-hybridized carbons (Fsp3) is 1.00. The van der Waals surface area contributed by atoms with Gasteiger partial charge in [-0.05, 0) is 25.7 Å². The van der Waals surface area contributed by atoms with Crippen molar-refractivity contribution in [3.8, 4) is 0 Å². The molecule has 0 aliphatic rings. The van der Waals surface area contributed by atoms with Gasteiger partial charge in [-0.25, -0.2) is 0 Å². The zero-order valence-electron chi connectivity index (χ0n) is 15.8. The summed E-state index contributed by atoms with van der Waals surface area (Å²) in [7, 11) is 0. The van der Waals surface area contributed by atoms with E-state index in [1.807, 2.05) is 0 Å². The molecule has 1 unspecified atom stereocenters. The van der Waals surface area contributed by atoms with Gasteiger partial charge < -0.3 is 16.4 Å². The number of rotatable bonds is 14. The molecule has 136 valence electrons. The second-order valence-electron chi connectivity index (χ2n) is 6.83. The Hall–Kier alpha value is -0.120. The highest BCUT2D eigenvalue weighted by atomic mass is 16.4. The number of unbranched alkanes of at least 4 members (excludes halogenated alkanes) is 5. The number of hydrogen-bond donors (Lipinski definition) is 3. The number of aliphatic hydroxyl groups is 2. The standard InChI is InChI=1S/C19H40O2.H3N/c1-5-9-13-17-19(21,16-12-8-4)18(20,14-10-6-2)15-11-7-3;/h20-21H,5-17H2,1-4H3;1H3. The summed E-state index contributed by atoms with van der Waals surface area (Å²) in [5.41, 5.74) is -1.77. The Labute approximate surface area is 139 Å². The van der Waals surface area contributed by atoms with Crippen LogP contribution in [0.25, 0.3) is 0 Å². The van der Waals surface area contributed by atoms with Gasteiger partial charge in [0, 0.05) is 0 Å². The van der Waals surface area contributed by atoms with Crippen LogP contribution in [0.5, 0.6) is 0 Å². The minimum absolute atomic E-state index is 0. The van der Waals surface area contributed by atoms with E-state index in [1.165, 1.54) is 0 Å². The first-order valence-electron chi connectivity index (χ1n) is 9.44. The third kappa shape index (κ3) is 7.94. The van der Waals surface area contributed by atoms with Crippen LogP contribution < -0.4 is 6.15 Å². The molecule has 3 heteroatoms. The molecule has 0 radical (unpaired) electrons. The summed E-state index contributed by atoms with van der Waals surface area (Å²) >= 11 is 0. The first-order chi connectivity index (χ1) is 9.99. The predicted molar refractivity (Wildman–Crippen MR) is 97.6 cm³/mol. The lowest BCUT2D eigenvalue weighted by Crippen LogP contribution is -2.54. The third-order valence-electron chi connectivity index (χ3n) is 4.89. The molecule has 3 nitrogen and oxygen atoms in total. The highest BCUT2D eigenvalue weighted by molar-refractivity contribution is 4.99. The zero-order valence-corrected chi connectivity index (χ0v) is 15.8. The molecule has 0 bridgehead atoms. The fourth-order valence-corrected chi connectivity index (χ4v) is 3.26. The van der Waals surface area contributed by atoms with E-state index < -0.39 is 11.2 Å². The van der Waals surface area contributed by atoms with E-state index >= 15 is 0 Å². The summed E-state index contributed by atoms with van der Waals surface area (Å²) < 4.78 is 0. The Morgan fingerprint density at radius 2 is 0.773 bits per heavy atom. The molecule has 22 heavy (non-hydrogen) atoms. The highest BCUT2D eigenvalue weighted by Crippen LogP contribution is 2.40. The lowest BCUT2D eigenvalue weighted by Gasteiger charge is -2.45. The van der Waals surface area contributed by atoms with Crippen molar-refractivity contribution in [3.05, 3.63) is 0 Å². The van der Waals surface area contributed by atoms with Crippen molar-refractivity contribution in [3.63, 3.8) is 0 Å². The van der Waals surface area contributed by atoms with Crippen LogP contribution >= 0.6 is 0 Å². The van der Waals surface area contributed by atoms with Gasteiger partial charge in [0.1, 0.15) is 0 Å². The summed E-state index contributed by atoms with van der Waals surface area (Å²) in [5, 5.41) is 22.6. The van der Waals surface area contributed by atoms with Crippen molar-refractivity contribution in [1.29, 1.82) is 0 Å². The van der Waals surface area contributed by atoms with Crippen molar-refractivity contribution in [2.24, 2.45) is 0 Å². The highest BCUT2D eigenvalue weighted by Gasteiger charge is 2.46. The molecule has 0 heterocycles. The van der Waals surface area contributed by atoms with E-state index in [2.05, 4.69) is 27.7 Å². The minimum Gasteiger partial charge on any atom is -0.387 e. The Morgan fingerprint density at radius 1 is 0.500 bits per heavy atom. The van der Waals surface area contributed by atoms with Crippen LogP contribution in [-0.2, 0) is 0 Å². The topological polar surface area (TPSA) is 75.5 Å². The van der Waals surface area contributed by atoms with Gasteiger partial charge in [-0.1, -0.05) is 85.5 Å². The molecule has 1 atom stereocenters. The Bertz CT molecular complexity index is 238. The summed E-state index contributed by atoms with van der Waals surface area (Å²) in [6.45, 7) is 8.65. The van der Waals surface area contributed by atoms with Gasteiger partial charge in [0.15, 0.2) is 0 Å². The minimum atomic E-state index is -0.887. The van der Waals surface area contributed by atoms with Crippen molar-refractivity contribution in [1.82, 2.24) is 6.15 Å². The summed E-state index contributed by atoms with van der Waals surface area (Å²) in [6, 6.07) is 0. The van der Waals surface area contributed by atoms with E-state index in [0.29, 0.717) is 0 Å². The maximum Gasteiger partial charge on any atom is 0.0933 e. The molecule has 0 amide bonds. The Morgan fingerprint density at radius 3 is 1.05 bits per heavy atom. The molecule has 0 rings (SSSR count). The van der Waals surface area contributed by atoms with Gasteiger partial charge in [-0.15, -0.1) is 0 Å². The van der Waals surface area contributed by atoms with Crippen LogP contribution in [-0.4, -0.2) is 21.4 Å². The molecule has 0 aromatic rings. The lowest BCUT2D eigenvalue weighted by atomic mass is 9.70. The molecule has 0 fully saturated rings. The molecule has 0 saturated heterocycles. The molecule has 0 aliphatic carbocycles. The van der Waals surface area contributed by atoms with Crippen LogP contribution in [0.1, 0.15) is 111 Å². The third-order valence-corrected chi connectivity index (χ3v) is 4.89. The average Bonchev–Trinajstić information content (AvgIpc) is 2.49. The van der Waals surface area contributed by atoms with Crippen LogP contribution in [0.2, 0.25) is 0 Å². The van der Waals surface area contributed by atoms with E-state index in [1.54, 1.807) is 0 Å². The van der Waals surface area contributed by atoms with Gasteiger partial charge in [-0.3, -0.25) is 0 Å². The smallest absolute Gasteiger partial charge is 0.0933 e. The Kier molecular flexibility index (Phi) is 14.6. The Balaban J connectivity index is 0. The van der Waals surface area contributed by atoms with Crippen LogP contribution in [0.15, 0.2) is 0 Å². The van der Waals surface area contributed by atoms with E-state index in [-0.39, 0.29) is 6.15 Å². The zero-order chi connectivity index (χ0) is 16.2. The first-order valence-corrected chi connectivity index (χ1v) is 9.44. The van der Waals surface area contributed by atoms with Gasteiger partial charge in [-0.2, -0.15) is 0 Å². The molecule has 0 saturated carbocycles. The molecule has 0 aromatic carbocycles. The molecule has 0 spiro atoms. The van der Waals surface area contributed by atoms with Crippen molar-refractivity contribution in [2.45, 2.75) is 122 Å². The normalized spacial score (nSPS) is 14.5. The van der Waals surface area contributed by atoms with Gasteiger partial charge >= 0.3 is 0 Å². The molecule has 0 aromatic heterocycles. The van der Waals surface area contributed by atoms with Crippen LogP contribution in [0.3, 0.4) is 0 Å². The van der Waals surface area contributed by atoms with Crippen LogP contribution in [0.4, 0.5) is 0 Å². The quantitative estimate of drug-likeness (QED) is 0.356. The van der Waals surface area contributed by atoms with Crippen LogP contribution in [0, 0.1) is 0 Å². The van der Waals surface area contributed by atoms with Gasteiger partial charge in [0.05, 0.1) is 11.2 Å². The van der Waals surface area contributed by atoms with E-state index in [0.717, 1.165) is 83.5 Å². The van der Waals surface area contributed by atoms with Gasteiger partial charge in [0.2, 0.25) is 0 Å². The molecular weight excluding hydrogens is 274 g/mol. The monoisotopic (exact) mass is 317 g/mol. The molecule has 0 aliphatic heterocycles. The largest absolute Gasteiger partial charge is 0.387 e. The SMILES string of the molecule is CCCCCC(O)(CCCC)C(O)(CCCC)CCCC.N. The second-order valence-corrected chi connectivity index (χ2v) is 6.83. The fourth-order valence-electron chi connectivity index (χ4n) is 3.26. The van der Waals surface area contributed by atoms with E-state index in [4.69, 9.17) is 0 Å². The van der Waals surface area contributed by atoms with Crippen molar-refractivity contribution in [2.75, 3.05) is 0 Å². The maximum atomic E-state index is 11.3. The first kappa shape index (κ1) is 24.1. The average molecular weight is 318 g/mol. The number of hydrogen-bond acceptors (Lipinski definition) is 3. The predicted octanol–water partition coefficient (Wildman–Crippen LogP) is 5.76. The molecule has 5 N–H and O–H groups in total. The summed E-state index contributed by atoms with van der Waals surface area (Å²) in [5.74, 6) is 0. The van der Waals surface area contributed by atoms with E-state index in [9.17, 15) is 10.2 Å². The lowest BCUT2D eigenvalue weighted by molar-refractivity contribution is -0.170.